The van der Waals surface area contributed by atoms with Crippen LogP contribution in [0.25, 0.3) is 16.9 Å². The van der Waals surface area contributed by atoms with Crippen LogP contribution in [0.15, 0.2) is 66.7 Å². The van der Waals surface area contributed by atoms with Crippen molar-refractivity contribution in [2.45, 2.75) is 52.4 Å². The number of anilines is 1. The summed E-state index contributed by atoms with van der Waals surface area (Å²) in [5, 5.41) is 7.78. The van der Waals surface area contributed by atoms with E-state index in [2.05, 4.69) is 19.2 Å². The minimum absolute atomic E-state index is 0.0440. The number of hydrogen-bond acceptors (Lipinski definition) is 3. The van der Waals surface area contributed by atoms with Gasteiger partial charge in [-0.15, -0.1) is 0 Å². The molecule has 0 spiro atoms. The molecular weight excluding hydrogens is 436 g/mol. The zero-order chi connectivity index (χ0) is 24.6. The molecule has 1 heterocycles. The molecule has 1 saturated carbocycles. The molecule has 0 atom stereocenters. The van der Waals surface area contributed by atoms with Gasteiger partial charge in [0.05, 0.1) is 17.9 Å². The number of benzene rings is 2. The molecule has 1 aliphatic rings. The van der Waals surface area contributed by atoms with Gasteiger partial charge >= 0.3 is 0 Å². The van der Waals surface area contributed by atoms with Gasteiger partial charge in [0.15, 0.2) is 0 Å². The van der Waals surface area contributed by atoms with Crippen LogP contribution in [0, 0.1) is 11.8 Å². The number of rotatable bonds is 10. The summed E-state index contributed by atoms with van der Waals surface area (Å²) in [5.74, 6) is 1.39. The summed E-state index contributed by atoms with van der Waals surface area (Å²) >= 11 is 0. The first kappa shape index (κ1) is 24.7. The summed E-state index contributed by atoms with van der Waals surface area (Å²) in [6, 6.07) is 21.5. The van der Waals surface area contributed by atoms with Crippen LogP contribution < -0.4 is 5.32 Å². The predicted octanol–water partition coefficient (Wildman–Crippen LogP) is 5.93. The Balaban J connectivity index is 1.49. The smallest absolute Gasteiger partial charge is 0.245 e. The number of nitrogens with zero attached hydrogens (tertiary/aromatic N) is 3. The van der Waals surface area contributed by atoms with Crippen molar-refractivity contribution in [1.82, 2.24) is 14.7 Å². The molecule has 0 unspecified atom stereocenters. The van der Waals surface area contributed by atoms with Crippen molar-refractivity contribution in [2.75, 3.05) is 18.4 Å². The first-order valence-electron chi connectivity index (χ1n) is 12.8. The first-order valence-corrected chi connectivity index (χ1v) is 12.8. The van der Waals surface area contributed by atoms with Gasteiger partial charge in [-0.25, -0.2) is 4.68 Å². The largest absolute Gasteiger partial charge is 0.333 e. The van der Waals surface area contributed by atoms with Crippen LogP contribution in [0.4, 0.5) is 5.82 Å². The van der Waals surface area contributed by atoms with Crippen molar-refractivity contribution < 1.29 is 9.59 Å². The summed E-state index contributed by atoms with van der Waals surface area (Å²) in [5.41, 5.74) is 2.61. The second kappa shape index (κ2) is 11.8. The number of carbonyl (C=O) groups is 2. The Bertz CT molecular complexity index is 1100. The summed E-state index contributed by atoms with van der Waals surface area (Å²) in [7, 11) is 0. The lowest BCUT2D eigenvalue weighted by Gasteiger charge is -2.25. The van der Waals surface area contributed by atoms with E-state index in [-0.39, 0.29) is 24.3 Å². The van der Waals surface area contributed by atoms with Crippen molar-refractivity contribution >= 4 is 17.6 Å². The SMILES string of the molecule is CC(C)CN(CC(=O)Nc1cc(-c2ccccc2)nn1-c1ccccc1)C(=O)CCC1CCCC1. The normalized spacial score (nSPS) is 13.8. The van der Waals surface area contributed by atoms with Crippen LogP contribution in [-0.2, 0) is 9.59 Å². The van der Waals surface area contributed by atoms with E-state index in [1.807, 2.05) is 66.7 Å². The Morgan fingerprint density at radius 2 is 1.69 bits per heavy atom. The highest BCUT2D eigenvalue weighted by molar-refractivity contribution is 5.94. The third-order valence-corrected chi connectivity index (χ3v) is 6.56. The predicted molar refractivity (Wildman–Crippen MR) is 140 cm³/mol. The Morgan fingerprint density at radius 1 is 1.03 bits per heavy atom. The molecule has 35 heavy (non-hydrogen) atoms. The van der Waals surface area contributed by atoms with Crippen molar-refractivity contribution in [1.29, 1.82) is 0 Å². The lowest BCUT2D eigenvalue weighted by Crippen LogP contribution is -2.40. The van der Waals surface area contributed by atoms with E-state index in [9.17, 15) is 9.59 Å². The molecule has 0 saturated heterocycles. The van der Waals surface area contributed by atoms with Crippen LogP contribution in [0.5, 0.6) is 0 Å². The molecule has 0 aliphatic heterocycles. The van der Waals surface area contributed by atoms with E-state index in [0.29, 0.717) is 24.7 Å². The molecule has 2 amide bonds. The molecule has 1 fully saturated rings. The Labute approximate surface area is 208 Å². The maximum Gasteiger partial charge on any atom is 0.245 e. The molecule has 0 radical (unpaired) electrons. The maximum absolute atomic E-state index is 13.2. The molecule has 1 aliphatic carbocycles. The topological polar surface area (TPSA) is 67.2 Å². The van der Waals surface area contributed by atoms with Crippen molar-refractivity contribution in [2.24, 2.45) is 11.8 Å². The summed E-state index contributed by atoms with van der Waals surface area (Å²) < 4.78 is 1.74. The number of amides is 2. The molecule has 184 valence electrons. The summed E-state index contributed by atoms with van der Waals surface area (Å²) in [4.78, 5) is 27.9. The van der Waals surface area contributed by atoms with Gasteiger partial charge in [0, 0.05) is 24.6 Å². The molecule has 6 heteroatoms. The van der Waals surface area contributed by atoms with Gasteiger partial charge < -0.3 is 10.2 Å². The van der Waals surface area contributed by atoms with E-state index in [1.165, 1.54) is 25.7 Å². The van der Waals surface area contributed by atoms with E-state index in [4.69, 9.17) is 5.10 Å². The Kier molecular flexibility index (Phi) is 8.35. The highest BCUT2D eigenvalue weighted by atomic mass is 16.2. The van der Waals surface area contributed by atoms with E-state index in [1.54, 1.807) is 9.58 Å². The average molecular weight is 473 g/mol. The molecule has 1 N–H and O–H groups in total. The van der Waals surface area contributed by atoms with Gasteiger partial charge in [-0.05, 0) is 30.4 Å². The van der Waals surface area contributed by atoms with Crippen molar-refractivity contribution in [3.63, 3.8) is 0 Å². The van der Waals surface area contributed by atoms with Gasteiger partial charge in [0.25, 0.3) is 0 Å². The molecule has 2 aromatic carbocycles. The maximum atomic E-state index is 13.2. The van der Waals surface area contributed by atoms with Crippen LogP contribution in [0.2, 0.25) is 0 Å². The van der Waals surface area contributed by atoms with Crippen LogP contribution in [-0.4, -0.2) is 39.6 Å². The van der Waals surface area contributed by atoms with Crippen LogP contribution in [0.1, 0.15) is 52.4 Å². The zero-order valence-electron chi connectivity index (χ0n) is 20.8. The minimum atomic E-state index is -0.212. The third-order valence-electron chi connectivity index (χ3n) is 6.56. The number of para-hydroxylation sites is 1. The van der Waals surface area contributed by atoms with Crippen LogP contribution >= 0.6 is 0 Å². The molecule has 3 aromatic rings. The summed E-state index contributed by atoms with van der Waals surface area (Å²) in [6.07, 6.45) is 6.45. The highest BCUT2D eigenvalue weighted by Crippen LogP contribution is 2.29. The fourth-order valence-electron chi connectivity index (χ4n) is 4.82. The third kappa shape index (κ3) is 6.81. The van der Waals surface area contributed by atoms with Gasteiger partial charge in [-0.3, -0.25) is 9.59 Å². The van der Waals surface area contributed by atoms with Crippen molar-refractivity contribution in [3.8, 4) is 16.9 Å². The fraction of sp³-hybridized carbons (Fsp3) is 0.414. The highest BCUT2D eigenvalue weighted by Gasteiger charge is 2.22. The lowest BCUT2D eigenvalue weighted by molar-refractivity contribution is -0.135. The monoisotopic (exact) mass is 472 g/mol. The Morgan fingerprint density at radius 3 is 2.34 bits per heavy atom. The molecule has 0 bridgehead atoms. The van der Waals surface area contributed by atoms with Crippen molar-refractivity contribution in [3.05, 3.63) is 66.7 Å². The number of aromatic nitrogens is 2. The fourth-order valence-corrected chi connectivity index (χ4v) is 4.82. The molecule has 4 rings (SSSR count). The van der Waals surface area contributed by atoms with Gasteiger partial charge in [-0.1, -0.05) is 88.1 Å². The molecular formula is C29H36N4O2. The van der Waals surface area contributed by atoms with E-state index >= 15 is 0 Å². The number of nitrogens with one attached hydrogen (secondary N) is 1. The van der Waals surface area contributed by atoms with Crippen LogP contribution in [0.3, 0.4) is 0 Å². The second-order valence-electron chi connectivity index (χ2n) is 9.93. The summed E-state index contributed by atoms with van der Waals surface area (Å²) in [6.45, 7) is 4.77. The second-order valence-corrected chi connectivity index (χ2v) is 9.93. The van der Waals surface area contributed by atoms with Gasteiger partial charge in [-0.2, -0.15) is 5.10 Å². The minimum Gasteiger partial charge on any atom is -0.333 e. The lowest BCUT2D eigenvalue weighted by atomic mass is 10.0. The average Bonchev–Trinajstić information content (AvgIpc) is 3.53. The van der Waals surface area contributed by atoms with E-state index < -0.39 is 0 Å². The number of hydrogen-bond donors (Lipinski definition) is 1. The molecule has 1 aromatic heterocycles. The van der Waals surface area contributed by atoms with Gasteiger partial charge in [0.1, 0.15) is 5.82 Å². The number of carbonyl (C=O) groups excluding carboxylic acids is 2. The standard InChI is InChI=1S/C29H36N4O2/c1-22(2)20-32(29(35)18-17-23-11-9-10-12-23)21-28(34)30-27-19-26(24-13-5-3-6-14-24)31-33(27)25-15-7-4-8-16-25/h3-8,13-16,19,22-23H,9-12,17-18,20-21H2,1-2H3,(H,30,34). The molecule has 6 nitrogen and oxygen atoms in total. The zero-order valence-corrected chi connectivity index (χ0v) is 20.8. The quantitative estimate of drug-likeness (QED) is 0.397. The van der Waals surface area contributed by atoms with E-state index in [0.717, 1.165) is 23.4 Å². The Hall–Kier alpha value is -3.41. The van der Waals surface area contributed by atoms with Gasteiger partial charge in [0.2, 0.25) is 11.8 Å². The first-order chi connectivity index (χ1) is 17.0.